The number of fused-ring (bicyclic) bond motifs is 3. The van der Waals surface area contributed by atoms with Gasteiger partial charge in [-0.25, -0.2) is 4.79 Å². The zero-order chi connectivity index (χ0) is 18.7. The van der Waals surface area contributed by atoms with Crippen LogP contribution in [0.1, 0.15) is 38.1 Å². The molecule has 8 nitrogen and oxygen atoms in total. The van der Waals surface area contributed by atoms with Crippen molar-refractivity contribution in [3.8, 4) is 5.88 Å². The molecule has 2 bridgehead atoms. The molecule has 2 aromatic rings. The Balaban J connectivity index is 1.55. The zero-order valence-corrected chi connectivity index (χ0v) is 16.4. The molecule has 27 heavy (non-hydrogen) atoms. The third-order valence-corrected chi connectivity index (χ3v) is 6.52. The molecule has 0 amide bonds. The van der Waals surface area contributed by atoms with E-state index in [2.05, 4.69) is 21.9 Å². The lowest BCUT2D eigenvalue weighted by Crippen LogP contribution is -2.31. The Bertz CT molecular complexity index is 941. The normalized spacial score (nSPS) is 30.6. The average Bonchev–Trinajstić information content (AvgIpc) is 3.39. The molecule has 0 N–H and O–H groups in total. The van der Waals surface area contributed by atoms with Crippen LogP contribution in [0.3, 0.4) is 0 Å². The number of aryl methyl sites for hydroxylation is 1. The SMILES string of the molecule is CN1CCC[C@H]1COc1nc(Cl)nc2c1n(C)c(=O)n2[C@H]1CC2CCC1O2. The van der Waals surface area contributed by atoms with E-state index < -0.39 is 0 Å². The van der Waals surface area contributed by atoms with Crippen LogP contribution in [0.5, 0.6) is 5.88 Å². The third-order valence-electron chi connectivity index (χ3n) is 6.35. The summed E-state index contributed by atoms with van der Waals surface area (Å²) in [6.07, 6.45) is 5.48. The molecule has 9 heteroatoms. The summed E-state index contributed by atoms with van der Waals surface area (Å²) in [4.78, 5) is 24.0. The lowest BCUT2D eigenvalue weighted by atomic mass is 9.95. The molecular formula is C18H24ClN5O3. The molecule has 5 heterocycles. The second-order valence-electron chi connectivity index (χ2n) is 7.95. The molecule has 3 saturated heterocycles. The summed E-state index contributed by atoms with van der Waals surface area (Å²) in [5.74, 6) is 0.382. The molecule has 3 aliphatic rings. The molecule has 0 aliphatic carbocycles. The standard InChI is InChI=1S/C18H24ClN5O3/c1-22-7-3-4-10(22)9-26-16-14-15(20-17(19)21-16)24(18(25)23(14)2)12-8-11-5-6-13(12)27-11/h10-13H,3-9H2,1-2H3/t10-,11?,12-,13?/m0/s1. The minimum atomic E-state index is -0.120. The van der Waals surface area contributed by atoms with Gasteiger partial charge in [-0.15, -0.1) is 0 Å². The van der Waals surface area contributed by atoms with Crippen molar-refractivity contribution in [2.45, 2.75) is 56.4 Å². The van der Waals surface area contributed by atoms with E-state index in [1.807, 2.05) is 0 Å². The second-order valence-corrected chi connectivity index (χ2v) is 8.28. The third kappa shape index (κ3) is 2.77. The van der Waals surface area contributed by atoms with Gasteiger partial charge in [-0.05, 0) is 57.3 Å². The first kappa shape index (κ1) is 17.5. The number of hydrogen-bond donors (Lipinski definition) is 0. The number of halogens is 1. The van der Waals surface area contributed by atoms with Crippen LogP contribution in [-0.2, 0) is 11.8 Å². The van der Waals surface area contributed by atoms with Gasteiger partial charge in [0.25, 0.3) is 0 Å². The van der Waals surface area contributed by atoms with Gasteiger partial charge < -0.3 is 14.4 Å². The topological polar surface area (TPSA) is 74.4 Å². The Morgan fingerprint density at radius 1 is 1.26 bits per heavy atom. The number of likely N-dealkylation sites (tertiary alicyclic amines) is 1. The van der Waals surface area contributed by atoms with Crippen molar-refractivity contribution in [3.05, 3.63) is 15.8 Å². The molecule has 0 radical (unpaired) electrons. The number of hydrogen-bond acceptors (Lipinski definition) is 6. The molecular weight excluding hydrogens is 370 g/mol. The Kier molecular flexibility index (Phi) is 4.18. The van der Waals surface area contributed by atoms with Crippen LogP contribution >= 0.6 is 11.6 Å². The minimum Gasteiger partial charge on any atom is -0.474 e. The highest BCUT2D eigenvalue weighted by Crippen LogP contribution is 2.42. The molecule has 5 rings (SSSR count). The summed E-state index contributed by atoms with van der Waals surface area (Å²) < 4.78 is 15.3. The highest BCUT2D eigenvalue weighted by Gasteiger charge is 2.43. The summed E-state index contributed by atoms with van der Waals surface area (Å²) in [5.41, 5.74) is 1.02. The highest BCUT2D eigenvalue weighted by atomic mass is 35.5. The van der Waals surface area contributed by atoms with Crippen molar-refractivity contribution in [1.82, 2.24) is 24.0 Å². The number of imidazole rings is 1. The van der Waals surface area contributed by atoms with Gasteiger partial charge >= 0.3 is 5.69 Å². The van der Waals surface area contributed by atoms with E-state index in [-0.39, 0.29) is 29.2 Å². The van der Waals surface area contributed by atoms with Gasteiger partial charge in [0.05, 0.1) is 18.2 Å². The lowest BCUT2D eigenvalue weighted by molar-refractivity contribution is 0.0938. The number of likely N-dealkylation sites (N-methyl/N-ethyl adjacent to an activating group) is 1. The molecule has 0 spiro atoms. The van der Waals surface area contributed by atoms with Gasteiger partial charge in [0.2, 0.25) is 11.2 Å². The Labute approximate surface area is 162 Å². The summed E-state index contributed by atoms with van der Waals surface area (Å²) >= 11 is 6.20. The summed E-state index contributed by atoms with van der Waals surface area (Å²) in [6.45, 7) is 1.60. The highest BCUT2D eigenvalue weighted by molar-refractivity contribution is 6.28. The van der Waals surface area contributed by atoms with Gasteiger partial charge in [-0.1, -0.05) is 0 Å². The lowest BCUT2D eigenvalue weighted by Gasteiger charge is -2.20. The molecule has 3 fully saturated rings. The van der Waals surface area contributed by atoms with Gasteiger partial charge in [0.1, 0.15) is 6.61 Å². The van der Waals surface area contributed by atoms with Crippen LogP contribution in [0, 0.1) is 0 Å². The fraction of sp³-hybridized carbons (Fsp3) is 0.722. The predicted octanol–water partition coefficient (Wildman–Crippen LogP) is 1.75. The van der Waals surface area contributed by atoms with E-state index in [0.29, 0.717) is 29.7 Å². The molecule has 0 saturated carbocycles. The maximum atomic E-state index is 13.0. The van der Waals surface area contributed by atoms with Crippen LogP contribution in [0.15, 0.2) is 4.79 Å². The first-order valence-corrected chi connectivity index (χ1v) is 10.0. The van der Waals surface area contributed by atoms with Gasteiger partial charge in [0, 0.05) is 13.1 Å². The van der Waals surface area contributed by atoms with E-state index >= 15 is 0 Å². The number of aromatic nitrogens is 4. The van der Waals surface area contributed by atoms with Crippen molar-refractivity contribution in [1.29, 1.82) is 0 Å². The van der Waals surface area contributed by atoms with E-state index in [1.165, 1.54) is 6.42 Å². The second kappa shape index (κ2) is 6.46. The zero-order valence-electron chi connectivity index (χ0n) is 15.6. The molecule has 2 aromatic heterocycles. The van der Waals surface area contributed by atoms with E-state index in [0.717, 1.165) is 32.2 Å². The Hall–Kier alpha value is -1.64. The van der Waals surface area contributed by atoms with Crippen molar-refractivity contribution >= 4 is 22.8 Å². The summed E-state index contributed by atoms with van der Waals surface area (Å²) in [6, 6.07) is 0.353. The largest absolute Gasteiger partial charge is 0.474 e. The van der Waals surface area contributed by atoms with Crippen molar-refractivity contribution in [2.75, 3.05) is 20.2 Å². The van der Waals surface area contributed by atoms with Crippen molar-refractivity contribution < 1.29 is 9.47 Å². The van der Waals surface area contributed by atoms with Crippen LogP contribution < -0.4 is 10.4 Å². The Morgan fingerprint density at radius 3 is 2.78 bits per heavy atom. The average molecular weight is 394 g/mol. The maximum Gasteiger partial charge on any atom is 0.330 e. The molecule has 2 unspecified atom stereocenters. The fourth-order valence-electron chi connectivity index (χ4n) is 4.85. The van der Waals surface area contributed by atoms with Crippen LogP contribution in [0.4, 0.5) is 0 Å². The minimum absolute atomic E-state index is 0.000248. The van der Waals surface area contributed by atoms with Crippen LogP contribution in [0.25, 0.3) is 11.2 Å². The van der Waals surface area contributed by atoms with Crippen LogP contribution in [-0.4, -0.2) is 62.5 Å². The van der Waals surface area contributed by atoms with E-state index in [4.69, 9.17) is 21.1 Å². The number of nitrogens with zero attached hydrogens (tertiary/aromatic N) is 5. The smallest absolute Gasteiger partial charge is 0.330 e. The maximum absolute atomic E-state index is 13.0. The first-order valence-electron chi connectivity index (χ1n) is 9.66. The van der Waals surface area contributed by atoms with Crippen molar-refractivity contribution in [3.63, 3.8) is 0 Å². The van der Waals surface area contributed by atoms with Gasteiger partial charge in [-0.2, -0.15) is 9.97 Å². The Morgan fingerprint density at radius 2 is 2.11 bits per heavy atom. The summed E-state index contributed by atoms with van der Waals surface area (Å²) in [7, 11) is 3.84. The predicted molar refractivity (Wildman–Crippen MR) is 100 cm³/mol. The van der Waals surface area contributed by atoms with Gasteiger partial charge in [0.15, 0.2) is 11.2 Å². The fourth-order valence-corrected chi connectivity index (χ4v) is 5.01. The molecule has 146 valence electrons. The summed E-state index contributed by atoms with van der Waals surface area (Å²) in [5, 5.41) is 0.0979. The van der Waals surface area contributed by atoms with Crippen molar-refractivity contribution in [2.24, 2.45) is 7.05 Å². The quantitative estimate of drug-likeness (QED) is 0.737. The molecule has 4 atom stereocenters. The number of ether oxygens (including phenoxy) is 2. The number of rotatable bonds is 4. The molecule has 3 aliphatic heterocycles. The van der Waals surface area contributed by atoms with Gasteiger partial charge in [-0.3, -0.25) is 9.13 Å². The monoisotopic (exact) mass is 393 g/mol. The van der Waals surface area contributed by atoms with E-state index in [9.17, 15) is 4.79 Å². The van der Waals surface area contributed by atoms with Crippen LogP contribution in [0.2, 0.25) is 5.28 Å². The first-order chi connectivity index (χ1) is 13.0. The van der Waals surface area contributed by atoms with E-state index in [1.54, 1.807) is 16.2 Å². The molecule has 0 aromatic carbocycles.